The number of benzene rings is 2. The minimum absolute atomic E-state index is 0.0672. The maximum atomic E-state index is 11.6. The van der Waals surface area contributed by atoms with Gasteiger partial charge in [-0.2, -0.15) is 0 Å². The minimum Gasteiger partial charge on any atom is -0.491 e. The average molecular weight is 316 g/mol. The molecule has 0 spiro atoms. The maximum Gasteiger partial charge on any atom is 0.337 e. The van der Waals surface area contributed by atoms with Crippen LogP contribution in [0.25, 0.3) is 10.8 Å². The van der Waals surface area contributed by atoms with Crippen molar-refractivity contribution in [3.05, 3.63) is 42.0 Å². The number of hydrogen-bond donors (Lipinski definition) is 0. The summed E-state index contributed by atoms with van der Waals surface area (Å²) in [5.41, 5.74) is 0.535. The highest BCUT2D eigenvalue weighted by molar-refractivity contribution is 5.95. The number of carbonyl (C=O) groups excluding carboxylic acids is 1. The molecule has 1 heterocycles. The van der Waals surface area contributed by atoms with E-state index in [2.05, 4.69) is 0 Å². The van der Waals surface area contributed by atoms with Crippen molar-refractivity contribution in [1.29, 1.82) is 0 Å². The van der Waals surface area contributed by atoms with Gasteiger partial charge in [0.2, 0.25) is 0 Å². The number of rotatable bonds is 4. The van der Waals surface area contributed by atoms with Crippen LogP contribution < -0.4 is 4.74 Å². The highest BCUT2D eigenvalue weighted by atomic mass is 16.7. The molecule has 23 heavy (non-hydrogen) atoms. The van der Waals surface area contributed by atoms with Crippen LogP contribution in [0.5, 0.6) is 5.75 Å². The Hall–Kier alpha value is -2.11. The first-order valence-electron chi connectivity index (χ1n) is 7.53. The summed E-state index contributed by atoms with van der Waals surface area (Å²) in [6.07, 6.45) is -0.0672. The van der Waals surface area contributed by atoms with Crippen LogP contribution in [0.3, 0.4) is 0 Å². The quantitative estimate of drug-likeness (QED) is 0.811. The summed E-state index contributed by atoms with van der Waals surface area (Å²) in [5, 5.41) is 1.96. The number of esters is 1. The lowest BCUT2D eigenvalue weighted by Crippen LogP contribution is -2.25. The van der Waals surface area contributed by atoms with Crippen LogP contribution in [0.4, 0.5) is 0 Å². The highest BCUT2D eigenvalue weighted by Gasteiger charge is 2.32. The molecule has 1 fully saturated rings. The molecular weight excluding hydrogens is 296 g/mol. The SMILES string of the molecule is COC(=O)c1ccc2cc(OC[C@@H]3COC(C)(C)O3)ccc2c1. The fraction of sp³-hybridized carbons (Fsp3) is 0.389. The number of hydrogen-bond acceptors (Lipinski definition) is 5. The number of methoxy groups -OCH3 is 1. The second kappa shape index (κ2) is 6.18. The zero-order valence-electron chi connectivity index (χ0n) is 13.5. The van der Waals surface area contributed by atoms with Crippen LogP contribution in [0.15, 0.2) is 36.4 Å². The van der Waals surface area contributed by atoms with Crippen LogP contribution in [0, 0.1) is 0 Å². The molecule has 0 saturated carbocycles. The van der Waals surface area contributed by atoms with Gasteiger partial charge in [0.25, 0.3) is 0 Å². The normalized spacial score (nSPS) is 19.7. The number of fused-ring (bicyclic) bond motifs is 1. The van der Waals surface area contributed by atoms with E-state index in [4.69, 9.17) is 18.9 Å². The van der Waals surface area contributed by atoms with Crippen molar-refractivity contribution in [2.45, 2.75) is 25.7 Å². The van der Waals surface area contributed by atoms with Gasteiger partial charge in [-0.3, -0.25) is 0 Å². The fourth-order valence-corrected chi connectivity index (χ4v) is 2.59. The molecule has 1 atom stereocenters. The molecule has 3 rings (SSSR count). The summed E-state index contributed by atoms with van der Waals surface area (Å²) in [6.45, 7) is 4.75. The molecule has 2 aromatic rings. The van der Waals surface area contributed by atoms with Gasteiger partial charge in [-0.05, 0) is 48.9 Å². The smallest absolute Gasteiger partial charge is 0.337 e. The summed E-state index contributed by atoms with van der Waals surface area (Å²) >= 11 is 0. The summed E-state index contributed by atoms with van der Waals surface area (Å²) in [5.74, 6) is -0.119. The summed E-state index contributed by atoms with van der Waals surface area (Å²) in [7, 11) is 1.37. The molecular formula is C18H20O5. The molecule has 0 bridgehead atoms. The van der Waals surface area contributed by atoms with Gasteiger partial charge in [0.1, 0.15) is 18.5 Å². The standard InChI is InChI=1S/C18H20O5/c1-18(2)22-11-16(23-18)10-21-15-7-6-12-8-14(17(19)20-3)5-4-13(12)9-15/h4-9,16H,10-11H2,1-3H3/t16-/m1/s1. The van der Waals surface area contributed by atoms with Crippen molar-refractivity contribution in [2.75, 3.05) is 20.3 Å². The molecule has 0 aromatic heterocycles. The summed E-state index contributed by atoms with van der Waals surface area (Å²) < 4.78 is 21.8. The van der Waals surface area contributed by atoms with Gasteiger partial charge in [-0.15, -0.1) is 0 Å². The second-order valence-corrected chi connectivity index (χ2v) is 5.98. The van der Waals surface area contributed by atoms with E-state index >= 15 is 0 Å². The third-order valence-electron chi connectivity index (χ3n) is 3.74. The summed E-state index contributed by atoms with van der Waals surface area (Å²) in [6, 6.07) is 11.2. The molecule has 2 aromatic carbocycles. The molecule has 0 amide bonds. The largest absolute Gasteiger partial charge is 0.491 e. The number of ether oxygens (including phenoxy) is 4. The van der Waals surface area contributed by atoms with Crippen molar-refractivity contribution in [3.63, 3.8) is 0 Å². The molecule has 122 valence electrons. The monoisotopic (exact) mass is 316 g/mol. The topological polar surface area (TPSA) is 54.0 Å². The zero-order valence-corrected chi connectivity index (χ0v) is 13.5. The highest BCUT2D eigenvalue weighted by Crippen LogP contribution is 2.25. The molecule has 0 radical (unpaired) electrons. The van der Waals surface area contributed by atoms with Gasteiger partial charge < -0.3 is 18.9 Å². The van der Waals surface area contributed by atoms with E-state index in [9.17, 15) is 4.79 Å². The number of carbonyl (C=O) groups is 1. The van der Waals surface area contributed by atoms with E-state index < -0.39 is 5.79 Å². The van der Waals surface area contributed by atoms with Crippen LogP contribution in [0.2, 0.25) is 0 Å². The maximum absolute atomic E-state index is 11.6. The van der Waals surface area contributed by atoms with E-state index in [1.54, 1.807) is 12.1 Å². The Morgan fingerprint density at radius 2 is 1.96 bits per heavy atom. The average Bonchev–Trinajstić information content (AvgIpc) is 2.90. The fourth-order valence-electron chi connectivity index (χ4n) is 2.59. The van der Waals surface area contributed by atoms with Crippen LogP contribution in [-0.2, 0) is 14.2 Å². The van der Waals surface area contributed by atoms with Gasteiger partial charge in [0.15, 0.2) is 5.79 Å². The van der Waals surface area contributed by atoms with Gasteiger partial charge in [-0.1, -0.05) is 12.1 Å². The zero-order chi connectivity index (χ0) is 16.4. The van der Waals surface area contributed by atoms with E-state index in [0.717, 1.165) is 16.5 Å². The van der Waals surface area contributed by atoms with Gasteiger partial charge in [-0.25, -0.2) is 4.79 Å². The van der Waals surface area contributed by atoms with Crippen molar-refractivity contribution >= 4 is 16.7 Å². The van der Waals surface area contributed by atoms with Crippen LogP contribution in [0.1, 0.15) is 24.2 Å². The predicted octanol–water partition coefficient (Wildman–Crippen LogP) is 3.16. The Bertz CT molecular complexity index is 722. The molecule has 1 saturated heterocycles. The molecule has 0 aliphatic carbocycles. The van der Waals surface area contributed by atoms with E-state index in [-0.39, 0.29) is 12.1 Å². The van der Waals surface area contributed by atoms with Crippen molar-refractivity contribution in [2.24, 2.45) is 0 Å². The minimum atomic E-state index is -0.540. The molecule has 5 nitrogen and oxygen atoms in total. The Balaban J connectivity index is 1.69. The lowest BCUT2D eigenvalue weighted by atomic mass is 10.1. The van der Waals surface area contributed by atoms with Gasteiger partial charge in [0, 0.05) is 0 Å². The molecule has 0 N–H and O–H groups in total. The first-order valence-corrected chi connectivity index (χ1v) is 7.53. The first-order chi connectivity index (χ1) is 11.0. The third kappa shape index (κ3) is 3.63. The summed E-state index contributed by atoms with van der Waals surface area (Å²) in [4.78, 5) is 11.6. The van der Waals surface area contributed by atoms with Crippen molar-refractivity contribution in [1.82, 2.24) is 0 Å². The van der Waals surface area contributed by atoms with Crippen LogP contribution in [-0.4, -0.2) is 38.2 Å². The third-order valence-corrected chi connectivity index (χ3v) is 3.74. The Labute approximate surface area is 135 Å². The van der Waals surface area contributed by atoms with Gasteiger partial charge >= 0.3 is 5.97 Å². The molecule has 1 aliphatic rings. The molecule has 1 aliphatic heterocycles. The van der Waals surface area contributed by atoms with Crippen LogP contribution >= 0.6 is 0 Å². The van der Waals surface area contributed by atoms with Crippen molar-refractivity contribution < 1.29 is 23.7 Å². The van der Waals surface area contributed by atoms with E-state index in [0.29, 0.717) is 18.8 Å². The Morgan fingerprint density at radius 1 is 1.22 bits per heavy atom. The first kappa shape index (κ1) is 15.8. The lowest BCUT2D eigenvalue weighted by Gasteiger charge is -2.17. The van der Waals surface area contributed by atoms with E-state index in [1.165, 1.54) is 7.11 Å². The Morgan fingerprint density at radius 3 is 2.65 bits per heavy atom. The van der Waals surface area contributed by atoms with Gasteiger partial charge in [0.05, 0.1) is 19.3 Å². The Kier molecular flexibility index (Phi) is 4.24. The van der Waals surface area contributed by atoms with Crippen molar-refractivity contribution in [3.8, 4) is 5.75 Å². The van der Waals surface area contributed by atoms with E-state index in [1.807, 2.05) is 38.1 Å². The molecule has 0 unspecified atom stereocenters. The molecule has 5 heteroatoms. The predicted molar refractivity (Wildman–Crippen MR) is 85.7 cm³/mol. The second-order valence-electron chi connectivity index (χ2n) is 5.98. The lowest BCUT2D eigenvalue weighted by molar-refractivity contribution is -0.141.